The number of nitrogens with zero attached hydrogens (tertiary/aromatic N) is 4. The number of nitrogens with two attached hydrogens (primary N) is 1. The van der Waals surface area contributed by atoms with Gasteiger partial charge < -0.3 is 11.1 Å². The molecule has 2 aromatic heterocycles. The zero-order valence-electron chi connectivity index (χ0n) is 13.4. The van der Waals surface area contributed by atoms with Gasteiger partial charge in [0.2, 0.25) is 11.1 Å². The van der Waals surface area contributed by atoms with E-state index in [2.05, 4.69) is 49.6 Å². The molecule has 0 atom stereocenters. The van der Waals surface area contributed by atoms with Crippen molar-refractivity contribution in [1.82, 2.24) is 20.2 Å². The Hall–Kier alpha value is -2.24. The molecule has 7 nitrogen and oxygen atoms in total. The van der Waals surface area contributed by atoms with E-state index >= 15 is 0 Å². The standard InChI is InChI=1S/C15H21N7S/c1-3-9-17-13-12(7-5-4-6-8-16)10-18-14(19-13)20-15-22-21-11(2)23-15/h10H,3-4,6,8-9,16H2,1-2H3,(H2,17,18,19,20,22). The van der Waals surface area contributed by atoms with Gasteiger partial charge in [0, 0.05) is 13.0 Å². The minimum Gasteiger partial charge on any atom is -0.369 e. The zero-order valence-corrected chi connectivity index (χ0v) is 14.2. The van der Waals surface area contributed by atoms with E-state index in [1.54, 1.807) is 6.20 Å². The fraction of sp³-hybridized carbons (Fsp3) is 0.467. The van der Waals surface area contributed by atoms with Gasteiger partial charge in [-0.1, -0.05) is 30.1 Å². The Morgan fingerprint density at radius 2 is 2.22 bits per heavy atom. The van der Waals surface area contributed by atoms with Crippen molar-refractivity contribution >= 4 is 28.2 Å². The largest absolute Gasteiger partial charge is 0.369 e. The van der Waals surface area contributed by atoms with Crippen LogP contribution in [0.25, 0.3) is 0 Å². The van der Waals surface area contributed by atoms with Crippen molar-refractivity contribution in [2.75, 3.05) is 23.7 Å². The van der Waals surface area contributed by atoms with Crippen LogP contribution in [-0.2, 0) is 0 Å². The Balaban J connectivity index is 2.16. The minimum absolute atomic E-state index is 0.479. The van der Waals surface area contributed by atoms with Crippen LogP contribution in [0, 0.1) is 18.8 Å². The van der Waals surface area contributed by atoms with Crippen molar-refractivity contribution in [2.24, 2.45) is 5.73 Å². The number of rotatable bonds is 7. The maximum absolute atomic E-state index is 5.48. The lowest BCUT2D eigenvalue weighted by Gasteiger charge is -2.08. The molecule has 0 radical (unpaired) electrons. The average Bonchev–Trinajstić information content (AvgIpc) is 2.96. The third-order valence-corrected chi connectivity index (χ3v) is 3.56. The summed E-state index contributed by atoms with van der Waals surface area (Å²) in [5.74, 6) is 7.41. The Labute approximate surface area is 140 Å². The molecule has 2 rings (SSSR count). The maximum Gasteiger partial charge on any atom is 0.231 e. The van der Waals surface area contributed by atoms with Gasteiger partial charge in [0.15, 0.2) is 0 Å². The molecule has 122 valence electrons. The van der Waals surface area contributed by atoms with E-state index in [-0.39, 0.29) is 0 Å². The monoisotopic (exact) mass is 331 g/mol. The van der Waals surface area contributed by atoms with Crippen LogP contribution in [0.2, 0.25) is 0 Å². The van der Waals surface area contributed by atoms with E-state index in [4.69, 9.17) is 5.73 Å². The first-order chi connectivity index (χ1) is 11.2. The van der Waals surface area contributed by atoms with Crippen LogP contribution in [0.4, 0.5) is 16.9 Å². The first-order valence-electron chi connectivity index (χ1n) is 7.60. The molecule has 0 aliphatic heterocycles. The lowest BCUT2D eigenvalue weighted by atomic mass is 10.2. The normalized spacial score (nSPS) is 10.0. The number of aryl methyl sites for hydroxylation is 1. The molecule has 8 heteroatoms. The summed E-state index contributed by atoms with van der Waals surface area (Å²) in [5.41, 5.74) is 6.26. The molecular formula is C15H21N7S. The van der Waals surface area contributed by atoms with Gasteiger partial charge in [-0.2, -0.15) is 4.98 Å². The quantitative estimate of drug-likeness (QED) is 0.528. The summed E-state index contributed by atoms with van der Waals surface area (Å²) in [6.45, 7) is 5.48. The van der Waals surface area contributed by atoms with Gasteiger partial charge >= 0.3 is 0 Å². The zero-order chi connectivity index (χ0) is 16.5. The number of anilines is 3. The Morgan fingerprint density at radius 3 is 2.91 bits per heavy atom. The highest BCUT2D eigenvalue weighted by molar-refractivity contribution is 7.15. The van der Waals surface area contributed by atoms with Crippen LogP contribution in [0.3, 0.4) is 0 Å². The molecule has 0 amide bonds. The van der Waals surface area contributed by atoms with Crippen LogP contribution in [0.15, 0.2) is 6.20 Å². The van der Waals surface area contributed by atoms with Gasteiger partial charge in [-0.15, -0.1) is 10.2 Å². The fourth-order valence-corrected chi connectivity index (χ4v) is 2.29. The predicted molar refractivity (Wildman–Crippen MR) is 93.9 cm³/mol. The summed E-state index contributed by atoms with van der Waals surface area (Å²) < 4.78 is 0. The van der Waals surface area contributed by atoms with Crippen molar-refractivity contribution in [2.45, 2.75) is 33.1 Å². The molecule has 23 heavy (non-hydrogen) atoms. The third-order valence-electron chi connectivity index (χ3n) is 2.80. The van der Waals surface area contributed by atoms with Gasteiger partial charge in [-0.3, -0.25) is 5.32 Å². The van der Waals surface area contributed by atoms with Gasteiger partial charge in [0.05, 0.1) is 11.8 Å². The molecule has 0 spiro atoms. The van der Waals surface area contributed by atoms with Gasteiger partial charge in [-0.25, -0.2) is 4.98 Å². The van der Waals surface area contributed by atoms with Crippen LogP contribution in [0.1, 0.15) is 36.8 Å². The Kier molecular flexibility index (Phi) is 6.72. The summed E-state index contributed by atoms with van der Waals surface area (Å²) in [4.78, 5) is 8.79. The van der Waals surface area contributed by atoms with Crippen LogP contribution in [-0.4, -0.2) is 33.3 Å². The highest BCUT2D eigenvalue weighted by Gasteiger charge is 2.07. The smallest absolute Gasteiger partial charge is 0.231 e. The van der Waals surface area contributed by atoms with E-state index in [1.165, 1.54) is 11.3 Å². The van der Waals surface area contributed by atoms with E-state index < -0.39 is 0 Å². The molecule has 2 aromatic rings. The molecule has 0 saturated carbocycles. The molecule has 0 saturated heterocycles. The average molecular weight is 331 g/mol. The lowest BCUT2D eigenvalue weighted by molar-refractivity contribution is 0.870. The maximum atomic E-state index is 5.48. The molecule has 0 aromatic carbocycles. The summed E-state index contributed by atoms with van der Waals surface area (Å²) in [7, 11) is 0. The van der Waals surface area contributed by atoms with Gasteiger partial charge in [0.1, 0.15) is 10.8 Å². The van der Waals surface area contributed by atoms with Crippen molar-refractivity contribution < 1.29 is 0 Å². The highest BCUT2D eigenvalue weighted by Crippen LogP contribution is 2.19. The van der Waals surface area contributed by atoms with Crippen LogP contribution >= 0.6 is 11.3 Å². The summed E-state index contributed by atoms with van der Waals surface area (Å²) in [6.07, 6.45) is 4.38. The van der Waals surface area contributed by atoms with Gasteiger partial charge in [0.25, 0.3) is 0 Å². The van der Waals surface area contributed by atoms with E-state index in [0.717, 1.165) is 42.2 Å². The van der Waals surface area contributed by atoms with Crippen molar-refractivity contribution in [3.63, 3.8) is 0 Å². The van der Waals surface area contributed by atoms with E-state index in [0.29, 0.717) is 17.6 Å². The second kappa shape index (κ2) is 9.02. The second-order valence-corrected chi connectivity index (χ2v) is 6.01. The van der Waals surface area contributed by atoms with E-state index in [1.807, 2.05) is 6.92 Å². The third kappa shape index (κ3) is 5.47. The molecule has 4 N–H and O–H groups in total. The summed E-state index contributed by atoms with van der Waals surface area (Å²) >= 11 is 1.46. The van der Waals surface area contributed by atoms with Crippen LogP contribution < -0.4 is 16.4 Å². The lowest BCUT2D eigenvalue weighted by Crippen LogP contribution is -2.07. The summed E-state index contributed by atoms with van der Waals surface area (Å²) in [5, 5.41) is 15.9. The Morgan fingerprint density at radius 1 is 1.35 bits per heavy atom. The first kappa shape index (κ1) is 17.1. The highest BCUT2D eigenvalue weighted by atomic mass is 32.1. The van der Waals surface area contributed by atoms with Gasteiger partial charge in [-0.05, 0) is 26.3 Å². The van der Waals surface area contributed by atoms with Crippen LogP contribution in [0.5, 0.6) is 0 Å². The summed E-state index contributed by atoms with van der Waals surface area (Å²) in [6, 6.07) is 0. The molecular weight excluding hydrogens is 310 g/mol. The number of nitrogens with one attached hydrogen (secondary N) is 2. The van der Waals surface area contributed by atoms with Crippen molar-refractivity contribution in [3.8, 4) is 11.8 Å². The molecule has 2 heterocycles. The molecule has 0 aliphatic carbocycles. The minimum atomic E-state index is 0.479. The second-order valence-electron chi connectivity index (χ2n) is 4.83. The van der Waals surface area contributed by atoms with Crippen molar-refractivity contribution in [1.29, 1.82) is 0 Å². The molecule has 0 unspecified atom stereocenters. The topological polar surface area (TPSA) is 102 Å². The number of hydrogen-bond donors (Lipinski definition) is 3. The number of hydrogen-bond acceptors (Lipinski definition) is 8. The van der Waals surface area contributed by atoms with E-state index in [9.17, 15) is 0 Å². The number of unbranched alkanes of at least 4 members (excludes halogenated alkanes) is 1. The molecule has 0 fully saturated rings. The fourth-order valence-electron chi connectivity index (χ4n) is 1.70. The SMILES string of the molecule is CCCNc1nc(Nc2nnc(C)s2)ncc1C#CCCCN. The van der Waals surface area contributed by atoms with Crippen molar-refractivity contribution in [3.05, 3.63) is 16.8 Å². The Bertz CT molecular complexity index is 687. The first-order valence-corrected chi connectivity index (χ1v) is 8.41. The molecule has 0 bridgehead atoms. The molecule has 0 aliphatic rings. The predicted octanol–water partition coefficient (Wildman–Crippen LogP) is 2.29. The number of aromatic nitrogens is 4.